The molecule has 0 spiro atoms. The number of nitrogens with one attached hydrogen (secondary N) is 1. The highest BCUT2D eigenvalue weighted by Crippen LogP contribution is 2.50. The molecule has 220 valence electrons. The van der Waals surface area contributed by atoms with Gasteiger partial charge >= 0.3 is 24.4 Å². The van der Waals surface area contributed by atoms with E-state index in [1.807, 2.05) is 5.32 Å². The van der Waals surface area contributed by atoms with Gasteiger partial charge in [-0.25, -0.2) is 4.79 Å². The Morgan fingerprint density at radius 3 is 2.32 bits per heavy atom. The van der Waals surface area contributed by atoms with Gasteiger partial charge in [-0.2, -0.15) is 26.3 Å². The van der Waals surface area contributed by atoms with Crippen LogP contribution in [0.2, 0.25) is 5.02 Å². The van der Waals surface area contributed by atoms with Crippen molar-refractivity contribution in [3.63, 3.8) is 0 Å². The summed E-state index contributed by atoms with van der Waals surface area (Å²) in [5.74, 6) is -1.41. The summed E-state index contributed by atoms with van der Waals surface area (Å²) < 4.78 is 92.3. The first kappa shape index (κ1) is 30.2. The number of carbonyl (C=O) groups is 3. The van der Waals surface area contributed by atoms with Crippen molar-refractivity contribution >= 4 is 35.3 Å². The van der Waals surface area contributed by atoms with E-state index in [0.717, 1.165) is 6.07 Å². The van der Waals surface area contributed by atoms with Crippen molar-refractivity contribution in [1.29, 1.82) is 0 Å². The fourth-order valence-corrected chi connectivity index (χ4v) is 4.55. The maximum Gasteiger partial charge on any atom is 0.435 e. The van der Waals surface area contributed by atoms with Crippen molar-refractivity contribution < 1.29 is 55.0 Å². The van der Waals surface area contributed by atoms with Gasteiger partial charge in [0.15, 0.2) is 0 Å². The van der Waals surface area contributed by atoms with E-state index in [0.29, 0.717) is 25.0 Å². The second-order valence-corrected chi connectivity index (χ2v) is 10.1. The minimum atomic E-state index is -5.19. The number of amides is 2. The minimum Gasteiger partial charge on any atom is -0.468 e. The summed E-state index contributed by atoms with van der Waals surface area (Å²) in [7, 11) is 1.20. The number of esters is 1. The molecule has 1 atom stereocenters. The second kappa shape index (κ2) is 10.5. The first-order valence-electron chi connectivity index (χ1n) is 11.9. The fraction of sp³-hybridized carbons (Fsp3) is 0.385. The largest absolute Gasteiger partial charge is 0.468 e. The van der Waals surface area contributed by atoms with Crippen molar-refractivity contribution in [2.24, 2.45) is 10.6 Å². The lowest BCUT2D eigenvalue weighted by Crippen LogP contribution is -2.43. The van der Waals surface area contributed by atoms with E-state index in [-0.39, 0.29) is 29.0 Å². The average Bonchev–Trinajstić information content (AvgIpc) is 3.53. The monoisotopic (exact) mass is 606 g/mol. The molecule has 1 unspecified atom stereocenters. The number of hydrogen-bond donors (Lipinski definition) is 1. The third-order valence-corrected chi connectivity index (χ3v) is 7.07. The third kappa shape index (κ3) is 5.97. The van der Waals surface area contributed by atoms with Crippen molar-refractivity contribution in [1.82, 2.24) is 5.32 Å². The molecular formula is C26H21ClF6N2O6. The number of hydrogen-bond acceptors (Lipinski definition) is 7. The van der Waals surface area contributed by atoms with Gasteiger partial charge in [0.05, 0.1) is 18.4 Å². The van der Waals surface area contributed by atoms with Gasteiger partial charge in [-0.1, -0.05) is 22.8 Å². The molecule has 41 heavy (non-hydrogen) atoms. The number of carbonyl (C=O) groups excluding carboxylic acids is 3. The lowest BCUT2D eigenvalue weighted by molar-refractivity contribution is -0.276. The first-order chi connectivity index (χ1) is 19.0. The van der Waals surface area contributed by atoms with Crippen LogP contribution in [0.5, 0.6) is 0 Å². The lowest BCUT2D eigenvalue weighted by Gasteiger charge is -2.30. The summed E-state index contributed by atoms with van der Waals surface area (Å²) >= 11 is 5.72. The molecule has 8 nitrogen and oxygen atoms in total. The quantitative estimate of drug-likeness (QED) is 0.316. The van der Waals surface area contributed by atoms with Gasteiger partial charge in [0.25, 0.3) is 11.5 Å². The number of imide groups is 1. The minimum absolute atomic E-state index is 0.0222. The van der Waals surface area contributed by atoms with E-state index in [4.69, 9.17) is 21.2 Å². The maximum atomic E-state index is 14.3. The second-order valence-electron chi connectivity index (χ2n) is 9.69. The summed E-state index contributed by atoms with van der Waals surface area (Å²) in [5.41, 5.74) is -6.38. The van der Waals surface area contributed by atoms with Crippen molar-refractivity contribution in [2.45, 2.75) is 44.1 Å². The van der Waals surface area contributed by atoms with Crippen LogP contribution in [0.3, 0.4) is 0 Å². The number of alkyl carbamates (subject to hydrolysis) is 1. The molecule has 2 aromatic carbocycles. The number of halogens is 7. The Labute approximate surface area is 233 Å². The van der Waals surface area contributed by atoms with Crippen LogP contribution in [-0.4, -0.2) is 43.6 Å². The summed E-state index contributed by atoms with van der Waals surface area (Å²) in [6, 6.07) is 5.32. The normalized spacial score (nSPS) is 19.6. The Bertz CT molecular complexity index is 1440. The fourth-order valence-electron chi connectivity index (χ4n) is 4.32. The van der Waals surface area contributed by atoms with Crippen molar-refractivity contribution in [2.75, 3.05) is 13.7 Å². The molecule has 1 fully saturated rings. The van der Waals surface area contributed by atoms with Crippen LogP contribution in [0.15, 0.2) is 41.6 Å². The number of oxime groups is 1. The molecule has 0 bridgehead atoms. The van der Waals surface area contributed by atoms with E-state index in [1.54, 1.807) is 0 Å². The van der Waals surface area contributed by atoms with E-state index < -0.39 is 63.9 Å². The van der Waals surface area contributed by atoms with E-state index in [1.165, 1.54) is 32.2 Å². The molecule has 1 aliphatic carbocycles. The van der Waals surface area contributed by atoms with Crippen LogP contribution in [0.25, 0.3) is 0 Å². The number of nitrogens with zero attached hydrogens (tertiary/aromatic N) is 1. The zero-order valence-electron chi connectivity index (χ0n) is 21.3. The van der Waals surface area contributed by atoms with E-state index in [9.17, 15) is 40.7 Å². The number of methoxy groups -OCH3 is 1. The molecule has 2 aromatic rings. The number of alkyl halides is 6. The first-order valence-corrected chi connectivity index (χ1v) is 12.3. The molecular weight excluding hydrogens is 586 g/mol. The number of rotatable bonds is 6. The van der Waals surface area contributed by atoms with Crippen molar-refractivity contribution in [3.8, 4) is 0 Å². The highest BCUT2D eigenvalue weighted by Gasteiger charge is 2.62. The summed E-state index contributed by atoms with van der Waals surface area (Å²) in [4.78, 5) is 41.2. The van der Waals surface area contributed by atoms with Crippen LogP contribution < -0.4 is 5.32 Å². The van der Waals surface area contributed by atoms with Crippen LogP contribution in [0, 0.1) is 12.3 Å². The van der Waals surface area contributed by atoms with Crippen molar-refractivity contribution in [3.05, 3.63) is 69.2 Å². The molecule has 2 amide bonds. The topological polar surface area (TPSA) is 103 Å². The molecule has 2 aliphatic rings. The number of benzene rings is 2. The molecule has 1 aliphatic heterocycles. The van der Waals surface area contributed by atoms with Gasteiger partial charge in [-0.3, -0.25) is 14.9 Å². The smallest absolute Gasteiger partial charge is 0.435 e. The third-order valence-electron chi connectivity index (χ3n) is 6.85. The van der Waals surface area contributed by atoms with Gasteiger partial charge in [0.2, 0.25) is 0 Å². The van der Waals surface area contributed by atoms with E-state index >= 15 is 0 Å². The molecule has 1 saturated carbocycles. The van der Waals surface area contributed by atoms with Gasteiger partial charge in [-0.15, -0.1) is 0 Å². The molecule has 1 N–H and O–H groups in total. The van der Waals surface area contributed by atoms with Gasteiger partial charge in [0.1, 0.15) is 12.0 Å². The number of aryl methyl sites for hydroxylation is 1. The standard InChI is InChI=1S/C26H21ClF6N2O6/c1-13-7-14(3-4-18(13)20(36)34-22(38)40-12-23(5-6-23)21(37)39-2)19-11-24(41-35-19,26(31,32)33)15-8-16(25(28,29)30)10-17(27)9-15/h3-4,7-10H,5-6,11-12H2,1-2H3,(H,34,36,38). The van der Waals surface area contributed by atoms with Gasteiger partial charge < -0.3 is 14.3 Å². The summed E-state index contributed by atoms with van der Waals surface area (Å²) in [6.45, 7) is 1.16. The van der Waals surface area contributed by atoms with Crippen LogP contribution >= 0.6 is 11.6 Å². The Hall–Kier alpha value is -3.81. The van der Waals surface area contributed by atoms with Crippen LogP contribution in [0.1, 0.15) is 51.9 Å². The Kier molecular flexibility index (Phi) is 7.76. The number of ether oxygens (including phenoxy) is 2. The molecule has 4 rings (SSSR count). The predicted molar refractivity (Wildman–Crippen MR) is 130 cm³/mol. The van der Waals surface area contributed by atoms with Gasteiger partial charge in [0, 0.05) is 22.6 Å². The zero-order valence-corrected chi connectivity index (χ0v) is 22.1. The molecule has 1 heterocycles. The molecule has 0 aromatic heterocycles. The highest BCUT2D eigenvalue weighted by molar-refractivity contribution is 6.30. The predicted octanol–water partition coefficient (Wildman–Crippen LogP) is 6.07. The maximum absolute atomic E-state index is 14.3. The Balaban J connectivity index is 1.50. The Morgan fingerprint density at radius 2 is 1.76 bits per heavy atom. The highest BCUT2D eigenvalue weighted by atomic mass is 35.5. The SMILES string of the molecule is COC(=O)C1(COC(=O)NC(=O)c2ccc(C3=NOC(c4cc(Cl)cc(C(F)(F)F)c4)(C(F)(F)F)C3)cc2C)CC1. The zero-order chi connectivity index (χ0) is 30.4. The van der Waals surface area contributed by atoms with Crippen LogP contribution in [-0.2, 0) is 30.9 Å². The summed E-state index contributed by atoms with van der Waals surface area (Å²) in [6.07, 6.45) is -11.3. The summed E-state index contributed by atoms with van der Waals surface area (Å²) in [5, 5.41) is 4.95. The van der Waals surface area contributed by atoms with E-state index in [2.05, 4.69) is 9.89 Å². The van der Waals surface area contributed by atoms with Gasteiger partial charge in [-0.05, 0) is 61.2 Å². The molecule has 0 saturated heterocycles. The lowest BCUT2D eigenvalue weighted by atomic mass is 9.85. The average molecular weight is 607 g/mol. The Morgan fingerprint density at radius 1 is 1.07 bits per heavy atom. The molecule has 0 radical (unpaired) electrons. The van der Waals surface area contributed by atoms with Crippen LogP contribution in [0.4, 0.5) is 31.1 Å². The molecule has 15 heteroatoms.